The molecule has 0 saturated carbocycles. The quantitative estimate of drug-likeness (QED) is 0.811. The number of quaternary nitrogens is 1. The lowest BCUT2D eigenvalue weighted by Gasteiger charge is -2.32. The van der Waals surface area contributed by atoms with Crippen LogP contribution in [0, 0.1) is 0 Å². The molecule has 2 N–H and O–H groups in total. The normalized spacial score (nSPS) is 15.6. The number of hydrogen-bond acceptors (Lipinski definition) is 3. The van der Waals surface area contributed by atoms with Gasteiger partial charge in [0.15, 0.2) is 0 Å². The van der Waals surface area contributed by atoms with Crippen molar-refractivity contribution in [3.63, 3.8) is 0 Å². The number of halogens is 1. The third-order valence-electron chi connectivity index (χ3n) is 4.12. The van der Waals surface area contributed by atoms with Crippen LogP contribution in [0.4, 0.5) is 5.69 Å². The van der Waals surface area contributed by atoms with Gasteiger partial charge in [0.1, 0.15) is 6.54 Å². The molecule has 1 aliphatic heterocycles. The lowest BCUT2D eigenvalue weighted by Crippen LogP contribution is -3.13. The van der Waals surface area contributed by atoms with Crippen LogP contribution >= 0.6 is 27.3 Å². The van der Waals surface area contributed by atoms with E-state index in [0.717, 1.165) is 42.9 Å². The Balaban J connectivity index is 1.42. The Morgan fingerprint density at radius 1 is 1.22 bits per heavy atom. The molecule has 1 amide bonds. The van der Waals surface area contributed by atoms with Gasteiger partial charge in [-0.1, -0.05) is 22.0 Å². The molecule has 0 radical (unpaired) electrons. The summed E-state index contributed by atoms with van der Waals surface area (Å²) in [5.41, 5.74) is 0.975. The highest BCUT2D eigenvalue weighted by atomic mass is 79.9. The first-order valence-electron chi connectivity index (χ1n) is 7.84. The average molecular weight is 395 g/mol. The number of amides is 1. The van der Waals surface area contributed by atoms with Gasteiger partial charge in [0, 0.05) is 10.2 Å². The smallest absolute Gasteiger partial charge is 0.242 e. The number of piperazine rings is 1. The van der Waals surface area contributed by atoms with Crippen LogP contribution < -0.4 is 10.2 Å². The Morgan fingerprint density at radius 2 is 1.96 bits per heavy atom. The van der Waals surface area contributed by atoms with Gasteiger partial charge < -0.3 is 15.1 Å². The fourth-order valence-corrected chi connectivity index (χ4v) is 3.81. The largest absolute Gasteiger partial charge is 0.376 e. The zero-order valence-corrected chi connectivity index (χ0v) is 15.3. The number of hydrogen-bond donors (Lipinski definition) is 2. The van der Waals surface area contributed by atoms with Crippen molar-refractivity contribution in [1.29, 1.82) is 0 Å². The standard InChI is InChI=1S/C17H20BrN3OS/c18-14-3-5-15(6-4-14)19-12-17(22)21-9-7-20(8-10-21)13-16-2-1-11-23-16/h1-6,11,19H,7-10,12-13H2/p+1. The molecule has 0 atom stereocenters. The molecular formula is C17H21BrN3OS+. The van der Waals surface area contributed by atoms with Crippen LogP contribution in [0.3, 0.4) is 0 Å². The SMILES string of the molecule is O=C(CNc1ccc(Br)cc1)N1CC[NH+](Cc2cccs2)CC1. The van der Waals surface area contributed by atoms with Crippen LogP contribution in [-0.4, -0.2) is 43.5 Å². The van der Waals surface area contributed by atoms with Gasteiger partial charge in [-0.15, -0.1) is 11.3 Å². The molecule has 23 heavy (non-hydrogen) atoms. The summed E-state index contributed by atoms with van der Waals surface area (Å²) in [4.78, 5) is 17.3. The number of benzene rings is 1. The predicted molar refractivity (Wildman–Crippen MR) is 97.9 cm³/mol. The van der Waals surface area contributed by atoms with Crippen LogP contribution in [0.2, 0.25) is 0 Å². The monoisotopic (exact) mass is 394 g/mol. The van der Waals surface area contributed by atoms with E-state index in [9.17, 15) is 4.79 Å². The summed E-state index contributed by atoms with van der Waals surface area (Å²) in [5, 5.41) is 5.33. The van der Waals surface area contributed by atoms with E-state index in [1.165, 1.54) is 4.88 Å². The van der Waals surface area contributed by atoms with E-state index in [1.54, 1.807) is 4.90 Å². The molecule has 1 aromatic carbocycles. The van der Waals surface area contributed by atoms with E-state index in [-0.39, 0.29) is 5.91 Å². The van der Waals surface area contributed by atoms with Crippen LogP contribution in [0.1, 0.15) is 4.88 Å². The van der Waals surface area contributed by atoms with E-state index < -0.39 is 0 Å². The molecule has 1 fully saturated rings. The lowest BCUT2D eigenvalue weighted by atomic mass is 10.3. The molecule has 6 heteroatoms. The Kier molecular flexibility index (Phi) is 5.70. The average Bonchev–Trinajstić information content (AvgIpc) is 3.08. The van der Waals surface area contributed by atoms with Gasteiger partial charge in [-0.2, -0.15) is 0 Å². The van der Waals surface area contributed by atoms with Crippen molar-refractivity contribution in [2.75, 3.05) is 38.0 Å². The van der Waals surface area contributed by atoms with Gasteiger partial charge >= 0.3 is 0 Å². The van der Waals surface area contributed by atoms with Gasteiger partial charge in [0.25, 0.3) is 0 Å². The van der Waals surface area contributed by atoms with Crippen molar-refractivity contribution < 1.29 is 9.69 Å². The molecule has 2 heterocycles. The second-order valence-corrected chi connectivity index (χ2v) is 7.70. The Morgan fingerprint density at radius 3 is 2.61 bits per heavy atom. The van der Waals surface area contributed by atoms with Gasteiger partial charge in [-0.05, 0) is 35.7 Å². The summed E-state index contributed by atoms with van der Waals surface area (Å²) < 4.78 is 1.04. The Hall–Kier alpha value is -1.37. The summed E-state index contributed by atoms with van der Waals surface area (Å²) in [6.07, 6.45) is 0. The third-order valence-corrected chi connectivity index (χ3v) is 5.52. The third kappa shape index (κ3) is 4.80. The summed E-state index contributed by atoms with van der Waals surface area (Å²) in [7, 11) is 0. The second-order valence-electron chi connectivity index (χ2n) is 5.75. The van der Waals surface area contributed by atoms with Crippen molar-refractivity contribution in [3.05, 3.63) is 51.1 Å². The van der Waals surface area contributed by atoms with E-state index >= 15 is 0 Å². The molecule has 3 rings (SSSR count). The summed E-state index contributed by atoms with van der Waals surface area (Å²) in [5.74, 6) is 0.183. The highest BCUT2D eigenvalue weighted by Crippen LogP contribution is 2.13. The zero-order valence-electron chi connectivity index (χ0n) is 12.9. The van der Waals surface area contributed by atoms with Crippen molar-refractivity contribution in [2.45, 2.75) is 6.54 Å². The lowest BCUT2D eigenvalue weighted by molar-refractivity contribution is -0.917. The van der Waals surface area contributed by atoms with Crippen molar-refractivity contribution >= 4 is 38.9 Å². The molecule has 2 aromatic rings. The van der Waals surface area contributed by atoms with E-state index in [2.05, 4.69) is 38.8 Å². The highest BCUT2D eigenvalue weighted by Gasteiger charge is 2.23. The minimum atomic E-state index is 0.183. The fourth-order valence-electron chi connectivity index (χ4n) is 2.77. The molecule has 0 bridgehead atoms. The van der Waals surface area contributed by atoms with Crippen LogP contribution in [0.15, 0.2) is 46.3 Å². The summed E-state index contributed by atoms with van der Waals surface area (Å²) in [6.45, 7) is 5.20. The molecule has 0 aliphatic carbocycles. The predicted octanol–water partition coefficient (Wildman–Crippen LogP) is 1.85. The first-order valence-corrected chi connectivity index (χ1v) is 9.51. The molecule has 1 saturated heterocycles. The Labute approximate surface area is 149 Å². The van der Waals surface area contributed by atoms with E-state index in [0.29, 0.717) is 6.54 Å². The topological polar surface area (TPSA) is 36.8 Å². The van der Waals surface area contributed by atoms with Crippen molar-refractivity contribution in [3.8, 4) is 0 Å². The number of carbonyl (C=O) groups is 1. The van der Waals surface area contributed by atoms with Crippen LogP contribution in [0.5, 0.6) is 0 Å². The van der Waals surface area contributed by atoms with Crippen molar-refractivity contribution in [1.82, 2.24) is 4.90 Å². The van der Waals surface area contributed by atoms with Crippen molar-refractivity contribution in [2.24, 2.45) is 0 Å². The number of nitrogens with zero attached hydrogens (tertiary/aromatic N) is 1. The van der Waals surface area contributed by atoms with Gasteiger partial charge in [0.2, 0.25) is 5.91 Å². The molecule has 0 unspecified atom stereocenters. The maximum atomic E-state index is 12.3. The fraction of sp³-hybridized carbons (Fsp3) is 0.353. The maximum Gasteiger partial charge on any atom is 0.242 e. The first kappa shape index (κ1) is 16.5. The number of carbonyl (C=O) groups excluding carboxylic acids is 1. The number of rotatable bonds is 5. The zero-order chi connectivity index (χ0) is 16.1. The van der Waals surface area contributed by atoms with Gasteiger partial charge in [-0.25, -0.2) is 0 Å². The number of nitrogens with one attached hydrogen (secondary N) is 2. The minimum absolute atomic E-state index is 0.183. The van der Waals surface area contributed by atoms with E-state index in [4.69, 9.17) is 0 Å². The summed E-state index contributed by atoms with van der Waals surface area (Å²) >= 11 is 5.23. The minimum Gasteiger partial charge on any atom is -0.376 e. The maximum absolute atomic E-state index is 12.3. The summed E-state index contributed by atoms with van der Waals surface area (Å²) in [6, 6.07) is 12.2. The van der Waals surface area contributed by atoms with Crippen LogP contribution in [-0.2, 0) is 11.3 Å². The number of thiophene rings is 1. The van der Waals surface area contributed by atoms with Gasteiger partial charge in [0.05, 0.1) is 37.6 Å². The second kappa shape index (κ2) is 7.95. The Bertz CT molecular complexity index is 622. The molecule has 1 aliphatic rings. The first-order chi connectivity index (χ1) is 11.2. The molecule has 0 spiro atoms. The molecule has 4 nitrogen and oxygen atoms in total. The molecule has 122 valence electrons. The molecular weight excluding hydrogens is 374 g/mol. The highest BCUT2D eigenvalue weighted by molar-refractivity contribution is 9.10. The molecule has 1 aromatic heterocycles. The van der Waals surface area contributed by atoms with E-state index in [1.807, 2.05) is 40.5 Å². The number of anilines is 1. The van der Waals surface area contributed by atoms with Crippen LogP contribution in [0.25, 0.3) is 0 Å². The van der Waals surface area contributed by atoms with Gasteiger partial charge in [-0.3, -0.25) is 4.79 Å².